The van der Waals surface area contributed by atoms with Gasteiger partial charge in [0.1, 0.15) is 11.6 Å². The Morgan fingerprint density at radius 1 is 1.04 bits per heavy atom. The molecule has 6 heteroatoms. The second-order valence-corrected chi connectivity index (χ2v) is 6.47. The van der Waals surface area contributed by atoms with Gasteiger partial charge < -0.3 is 15.4 Å². The Kier molecular flexibility index (Phi) is 5.92. The highest BCUT2D eigenvalue weighted by atomic mass is 35.5. The minimum atomic E-state index is 0.0891. The van der Waals surface area contributed by atoms with Crippen molar-refractivity contribution < 1.29 is 4.74 Å². The Morgan fingerprint density at radius 3 is 2.58 bits per heavy atom. The third kappa shape index (κ3) is 5.10. The van der Waals surface area contributed by atoms with Crippen LogP contribution >= 0.6 is 11.6 Å². The van der Waals surface area contributed by atoms with E-state index in [0.29, 0.717) is 12.5 Å². The van der Waals surface area contributed by atoms with Crippen LogP contribution in [0.5, 0.6) is 5.75 Å². The van der Waals surface area contributed by atoms with Gasteiger partial charge in [0.05, 0.1) is 11.8 Å². The van der Waals surface area contributed by atoms with Crippen molar-refractivity contribution in [1.29, 1.82) is 0 Å². The number of hydrogen-bond acceptors (Lipinski definition) is 5. The summed E-state index contributed by atoms with van der Waals surface area (Å²) in [5.74, 6) is 2.01. The maximum atomic E-state index is 5.91. The van der Waals surface area contributed by atoms with Gasteiger partial charge in [0.15, 0.2) is 0 Å². The molecule has 0 unspecified atom stereocenters. The lowest BCUT2D eigenvalue weighted by Gasteiger charge is -2.15. The highest BCUT2D eigenvalue weighted by Gasteiger charge is 2.07. The topological polar surface area (TPSA) is 59.1 Å². The lowest BCUT2D eigenvalue weighted by atomic mass is 10.2. The van der Waals surface area contributed by atoms with Crippen LogP contribution in [0, 0.1) is 0 Å². The summed E-state index contributed by atoms with van der Waals surface area (Å²) in [4.78, 5) is 8.79. The molecule has 0 amide bonds. The average Bonchev–Trinajstić information content (AvgIpc) is 2.63. The lowest BCUT2D eigenvalue weighted by Crippen LogP contribution is -2.08. The molecule has 2 aromatic carbocycles. The molecule has 2 N–H and O–H groups in total. The van der Waals surface area contributed by atoms with Crippen LogP contribution in [-0.2, 0) is 6.54 Å². The van der Waals surface area contributed by atoms with Crippen molar-refractivity contribution in [2.24, 2.45) is 0 Å². The van der Waals surface area contributed by atoms with E-state index in [1.807, 2.05) is 68.4 Å². The Morgan fingerprint density at radius 2 is 1.81 bits per heavy atom. The van der Waals surface area contributed by atoms with Gasteiger partial charge in [-0.25, -0.2) is 4.98 Å². The molecule has 134 valence electrons. The first kappa shape index (κ1) is 18.0. The predicted molar refractivity (Wildman–Crippen MR) is 106 cm³/mol. The van der Waals surface area contributed by atoms with Gasteiger partial charge in [-0.05, 0) is 49.7 Å². The van der Waals surface area contributed by atoms with Crippen molar-refractivity contribution >= 4 is 29.1 Å². The van der Waals surface area contributed by atoms with Crippen molar-refractivity contribution in [3.05, 3.63) is 71.4 Å². The standard InChI is InChI=1S/C20H21ClN4O/c1-14(2)26-18-6-4-3-5-17(18)24-20-22-12-11-19(25-20)23-13-15-7-9-16(21)10-8-15/h3-12,14H,13H2,1-2H3,(H2,22,23,24,25). The summed E-state index contributed by atoms with van der Waals surface area (Å²) in [6.45, 7) is 4.64. The first-order chi connectivity index (χ1) is 12.6. The smallest absolute Gasteiger partial charge is 0.229 e. The molecule has 0 radical (unpaired) electrons. The normalized spacial score (nSPS) is 10.6. The van der Waals surface area contributed by atoms with Gasteiger partial charge in [-0.2, -0.15) is 4.98 Å². The van der Waals surface area contributed by atoms with E-state index in [4.69, 9.17) is 16.3 Å². The lowest BCUT2D eigenvalue weighted by molar-refractivity contribution is 0.244. The average molecular weight is 369 g/mol. The molecule has 0 fully saturated rings. The number of nitrogens with one attached hydrogen (secondary N) is 2. The number of benzene rings is 2. The van der Waals surface area contributed by atoms with Crippen LogP contribution in [0.4, 0.5) is 17.5 Å². The van der Waals surface area contributed by atoms with Crippen LogP contribution in [0.1, 0.15) is 19.4 Å². The summed E-state index contributed by atoms with van der Waals surface area (Å²) in [5, 5.41) is 7.23. The maximum Gasteiger partial charge on any atom is 0.229 e. The number of hydrogen-bond donors (Lipinski definition) is 2. The zero-order valence-electron chi connectivity index (χ0n) is 14.7. The molecule has 0 bridgehead atoms. The third-order valence-corrected chi connectivity index (χ3v) is 3.79. The van der Waals surface area contributed by atoms with Gasteiger partial charge >= 0.3 is 0 Å². The molecule has 0 aliphatic rings. The second kappa shape index (κ2) is 8.54. The maximum absolute atomic E-state index is 5.91. The fourth-order valence-electron chi connectivity index (χ4n) is 2.36. The zero-order valence-corrected chi connectivity index (χ0v) is 15.5. The minimum Gasteiger partial charge on any atom is -0.489 e. The van der Waals surface area contributed by atoms with E-state index in [2.05, 4.69) is 20.6 Å². The molecule has 0 atom stereocenters. The van der Waals surface area contributed by atoms with E-state index in [0.717, 1.165) is 27.8 Å². The highest BCUT2D eigenvalue weighted by Crippen LogP contribution is 2.27. The van der Waals surface area contributed by atoms with Gasteiger partial charge in [0.2, 0.25) is 5.95 Å². The first-order valence-corrected chi connectivity index (χ1v) is 8.82. The van der Waals surface area contributed by atoms with Crippen LogP contribution in [0.2, 0.25) is 5.02 Å². The van der Waals surface area contributed by atoms with Crippen molar-refractivity contribution in [2.45, 2.75) is 26.5 Å². The predicted octanol–water partition coefficient (Wildman–Crippen LogP) is 5.27. The van der Waals surface area contributed by atoms with E-state index in [1.165, 1.54) is 0 Å². The van der Waals surface area contributed by atoms with Crippen LogP contribution in [0.25, 0.3) is 0 Å². The van der Waals surface area contributed by atoms with E-state index in [9.17, 15) is 0 Å². The van der Waals surface area contributed by atoms with Crippen LogP contribution in [0.3, 0.4) is 0 Å². The number of halogens is 1. The number of nitrogens with zero attached hydrogens (tertiary/aromatic N) is 2. The van der Waals surface area contributed by atoms with Gasteiger partial charge in [0.25, 0.3) is 0 Å². The summed E-state index contributed by atoms with van der Waals surface area (Å²) in [6, 6.07) is 17.3. The second-order valence-electron chi connectivity index (χ2n) is 6.03. The minimum absolute atomic E-state index is 0.0891. The summed E-state index contributed by atoms with van der Waals surface area (Å²) in [7, 11) is 0. The Balaban J connectivity index is 1.69. The third-order valence-electron chi connectivity index (χ3n) is 3.54. The van der Waals surface area contributed by atoms with Crippen molar-refractivity contribution in [3.8, 4) is 5.75 Å². The molecule has 0 aliphatic heterocycles. The molecular weight excluding hydrogens is 348 g/mol. The molecule has 3 aromatic rings. The number of aromatic nitrogens is 2. The van der Waals surface area contributed by atoms with Crippen molar-refractivity contribution in [1.82, 2.24) is 9.97 Å². The summed E-state index contributed by atoms with van der Waals surface area (Å²) in [6.07, 6.45) is 1.80. The number of anilines is 3. The van der Waals surface area contributed by atoms with Crippen LogP contribution in [0.15, 0.2) is 60.8 Å². The van der Waals surface area contributed by atoms with Crippen LogP contribution in [-0.4, -0.2) is 16.1 Å². The summed E-state index contributed by atoms with van der Waals surface area (Å²) >= 11 is 5.91. The van der Waals surface area contributed by atoms with Gasteiger partial charge in [0, 0.05) is 17.8 Å². The summed E-state index contributed by atoms with van der Waals surface area (Å²) < 4.78 is 5.82. The highest BCUT2D eigenvalue weighted by molar-refractivity contribution is 6.30. The molecule has 0 spiro atoms. The molecule has 26 heavy (non-hydrogen) atoms. The van der Waals surface area contributed by atoms with E-state index < -0.39 is 0 Å². The summed E-state index contributed by atoms with van der Waals surface area (Å²) in [5.41, 5.74) is 1.95. The van der Waals surface area contributed by atoms with Crippen LogP contribution < -0.4 is 15.4 Å². The number of rotatable bonds is 7. The first-order valence-electron chi connectivity index (χ1n) is 8.44. The number of para-hydroxylation sites is 2. The SMILES string of the molecule is CC(C)Oc1ccccc1Nc1nccc(NCc2ccc(Cl)cc2)n1. The van der Waals surface area contributed by atoms with Gasteiger partial charge in [-0.1, -0.05) is 35.9 Å². The molecule has 0 saturated carbocycles. The monoisotopic (exact) mass is 368 g/mol. The Labute approximate surface area is 158 Å². The molecule has 1 heterocycles. The van der Waals surface area contributed by atoms with Crippen molar-refractivity contribution in [2.75, 3.05) is 10.6 Å². The fraction of sp³-hybridized carbons (Fsp3) is 0.200. The van der Waals surface area contributed by atoms with E-state index >= 15 is 0 Å². The van der Waals surface area contributed by atoms with Crippen molar-refractivity contribution in [3.63, 3.8) is 0 Å². The molecule has 5 nitrogen and oxygen atoms in total. The largest absolute Gasteiger partial charge is 0.489 e. The number of ether oxygens (including phenoxy) is 1. The van der Waals surface area contributed by atoms with Gasteiger partial charge in [-0.15, -0.1) is 0 Å². The molecule has 0 aliphatic carbocycles. The van der Waals surface area contributed by atoms with E-state index in [-0.39, 0.29) is 6.10 Å². The molecular formula is C20H21ClN4O. The quantitative estimate of drug-likeness (QED) is 0.594. The molecule has 3 rings (SSSR count). The Hall–Kier alpha value is -2.79. The Bertz CT molecular complexity index is 852. The van der Waals surface area contributed by atoms with E-state index in [1.54, 1.807) is 6.20 Å². The van der Waals surface area contributed by atoms with Gasteiger partial charge in [-0.3, -0.25) is 0 Å². The fourth-order valence-corrected chi connectivity index (χ4v) is 2.49. The zero-order chi connectivity index (χ0) is 18.4. The molecule has 1 aromatic heterocycles. The molecule has 0 saturated heterocycles.